The number of rotatable bonds is 19. The SMILES string of the molecule is CCC(COCC(O)COCCc1ccc(O)c(N2Nc3ccccc3N2)c1)(COCC1CO1)COCC1CO1. The van der Waals surface area contributed by atoms with Gasteiger partial charge in [0.2, 0.25) is 0 Å². The van der Waals surface area contributed by atoms with Crippen LogP contribution < -0.4 is 16.0 Å². The van der Waals surface area contributed by atoms with Gasteiger partial charge in [-0.3, -0.25) is 10.9 Å². The number of benzene rings is 2. The van der Waals surface area contributed by atoms with Gasteiger partial charge in [0.05, 0.1) is 77.4 Å². The van der Waals surface area contributed by atoms with E-state index in [2.05, 4.69) is 17.8 Å². The van der Waals surface area contributed by atoms with Crippen LogP contribution in [-0.2, 0) is 34.8 Å². The molecule has 3 aliphatic heterocycles. The monoisotopic (exact) mass is 559 g/mol. The van der Waals surface area contributed by atoms with Crippen LogP contribution in [0, 0.1) is 5.41 Å². The fourth-order valence-corrected chi connectivity index (χ4v) is 4.41. The molecule has 0 spiro atoms. The number of anilines is 3. The first kappa shape index (κ1) is 28.9. The van der Waals surface area contributed by atoms with Crippen LogP contribution >= 0.6 is 0 Å². The number of hydrazine groups is 2. The van der Waals surface area contributed by atoms with Crippen LogP contribution in [-0.4, -0.2) is 94.6 Å². The first-order valence-electron chi connectivity index (χ1n) is 14.0. The van der Waals surface area contributed by atoms with Crippen molar-refractivity contribution in [1.29, 1.82) is 0 Å². The van der Waals surface area contributed by atoms with E-state index in [1.807, 2.05) is 36.4 Å². The smallest absolute Gasteiger partial charge is 0.142 e. The molecule has 3 heterocycles. The van der Waals surface area contributed by atoms with Crippen LogP contribution in [0.25, 0.3) is 0 Å². The Morgan fingerprint density at radius 2 is 1.52 bits per heavy atom. The molecule has 4 N–H and O–H groups in total. The summed E-state index contributed by atoms with van der Waals surface area (Å²) >= 11 is 0. The zero-order chi connectivity index (χ0) is 27.8. The van der Waals surface area contributed by atoms with Crippen molar-refractivity contribution in [2.45, 2.75) is 38.1 Å². The lowest BCUT2D eigenvalue weighted by Crippen LogP contribution is -2.38. The quantitative estimate of drug-likeness (QED) is 0.150. The highest BCUT2D eigenvalue weighted by molar-refractivity contribution is 5.80. The molecular weight excluding hydrogens is 518 g/mol. The average molecular weight is 560 g/mol. The van der Waals surface area contributed by atoms with Crippen molar-refractivity contribution in [3.63, 3.8) is 0 Å². The molecule has 2 saturated heterocycles. The molecule has 2 fully saturated rings. The van der Waals surface area contributed by atoms with E-state index in [-0.39, 0.29) is 36.6 Å². The van der Waals surface area contributed by atoms with Gasteiger partial charge in [-0.2, -0.15) is 5.12 Å². The number of nitrogens with zero attached hydrogens (tertiary/aromatic N) is 1. The van der Waals surface area contributed by atoms with Gasteiger partial charge in [-0.05, 0) is 42.7 Å². The number of phenolic OH excluding ortho intramolecular Hbond substituents is 1. The molecule has 3 unspecified atom stereocenters. The van der Waals surface area contributed by atoms with Gasteiger partial charge in [0.15, 0.2) is 0 Å². The maximum atomic E-state index is 10.4. The van der Waals surface area contributed by atoms with E-state index in [1.54, 1.807) is 11.2 Å². The minimum atomic E-state index is -0.747. The number of nitrogens with one attached hydrogen (secondary N) is 2. The van der Waals surface area contributed by atoms with E-state index in [4.69, 9.17) is 28.4 Å². The van der Waals surface area contributed by atoms with Gasteiger partial charge in [0, 0.05) is 5.41 Å². The Bertz CT molecular complexity index is 1040. The molecule has 2 aromatic carbocycles. The van der Waals surface area contributed by atoms with E-state index in [0.717, 1.165) is 36.6 Å². The molecule has 0 amide bonds. The molecule has 0 bridgehead atoms. The lowest BCUT2D eigenvalue weighted by atomic mass is 9.88. The number of aromatic hydroxyl groups is 1. The van der Waals surface area contributed by atoms with E-state index in [0.29, 0.717) is 51.7 Å². The zero-order valence-corrected chi connectivity index (χ0v) is 23.0. The average Bonchev–Trinajstić information content (AvgIpc) is 3.90. The second-order valence-electron chi connectivity index (χ2n) is 10.7. The lowest BCUT2D eigenvalue weighted by Gasteiger charge is -2.32. The largest absolute Gasteiger partial charge is 0.506 e. The number of epoxide rings is 2. The number of ether oxygens (including phenoxy) is 6. The normalized spacial score (nSPS) is 21.3. The minimum Gasteiger partial charge on any atom is -0.506 e. The van der Waals surface area contributed by atoms with E-state index in [9.17, 15) is 10.2 Å². The van der Waals surface area contributed by atoms with E-state index < -0.39 is 6.10 Å². The fraction of sp³-hybridized carbons (Fsp3) is 0.586. The molecule has 0 aliphatic carbocycles. The van der Waals surface area contributed by atoms with Crippen LogP contribution in [0.2, 0.25) is 0 Å². The van der Waals surface area contributed by atoms with Crippen LogP contribution in [0.1, 0.15) is 18.9 Å². The van der Waals surface area contributed by atoms with Crippen molar-refractivity contribution in [2.75, 3.05) is 82.0 Å². The van der Waals surface area contributed by atoms with Crippen LogP contribution in [0.15, 0.2) is 42.5 Å². The molecule has 3 aliphatic rings. The predicted molar refractivity (Wildman–Crippen MR) is 149 cm³/mol. The number of para-hydroxylation sites is 2. The van der Waals surface area contributed by atoms with Gasteiger partial charge in [-0.25, -0.2) is 0 Å². The summed E-state index contributed by atoms with van der Waals surface area (Å²) in [4.78, 5) is 0. The number of aliphatic hydroxyl groups is 1. The lowest BCUT2D eigenvalue weighted by molar-refractivity contribution is -0.0924. The molecule has 40 heavy (non-hydrogen) atoms. The second-order valence-corrected chi connectivity index (χ2v) is 10.7. The van der Waals surface area contributed by atoms with Crippen LogP contribution in [0.3, 0.4) is 0 Å². The molecule has 0 radical (unpaired) electrons. The summed E-state index contributed by atoms with van der Waals surface area (Å²) in [5.74, 6) is 0.158. The maximum Gasteiger partial charge on any atom is 0.142 e. The highest BCUT2D eigenvalue weighted by Gasteiger charge is 2.33. The molecule has 11 nitrogen and oxygen atoms in total. The van der Waals surface area contributed by atoms with Crippen molar-refractivity contribution in [3.05, 3.63) is 48.0 Å². The molecular formula is C29H41N3O8. The Kier molecular flexibility index (Phi) is 9.97. The Morgan fingerprint density at radius 3 is 2.12 bits per heavy atom. The predicted octanol–water partition coefficient (Wildman–Crippen LogP) is 2.73. The van der Waals surface area contributed by atoms with Crippen molar-refractivity contribution < 1.29 is 38.6 Å². The highest BCUT2D eigenvalue weighted by atomic mass is 16.6. The standard InChI is InChI=1S/C29H41N3O8/c1-2-29(19-37-14-23-16-39-23,20-38-15-24-17-40-24)18-36-13-22(33)12-35-10-9-21-7-8-28(34)27(11-21)32-30-25-5-3-4-6-26(25)31-32/h3-8,11,22-24,30-31,33-34H,2,9-10,12-20H2,1H3. The second kappa shape index (κ2) is 13.8. The number of hydrogen-bond donors (Lipinski definition) is 4. The van der Waals surface area contributed by atoms with Crippen molar-refractivity contribution in [3.8, 4) is 5.75 Å². The van der Waals surface area contributed by atoms with Gasteiger partial charge in [-0.1, -0.05) is 25.1 Å². The molecule has 5 rings (SSSR count). The van der Waals surface area contributed by atoms with Crippen LogP contribution in [0.4, 0.5) is 17.1 Å². The summed E-state index contributed by atoms with van der Waals surface area (Å²) in [6, 6.07) is 13.3. The van der Waals surface area contributed by atoms with Gasteiger partial charge < -0.3 is 38.6 Å². The van der Waals surface area contributed by atoms with Gasteiger partial charge in [0.25, 0.3) is 0 Å². The summed E-state index contributed by atoms with van der Waals surface area (Å²) in [6.07, 6.45) is 1.11. The van der Waals surface area contributed by atoms with Gasteiger partial charge >= 0.3 is 0 Å². The topological polar surface area (TPSA) is 130 Å². The number of aliphatic hydroxyl groups excluding tert-OH is 1. The Balaban J connectivity index is 1.01. The van der Waals surface area contributed by atoms with Gasteiger partial charge in [-0.15, -0.1) is 0 Å². The number of hydrogen-bond acceptors (Lipinski definition) is 11. The minimum absolute atomic E-state index is 0.158. The summed E-state index contributed by atoms with van der Waals surface area (Å²) in [5, 5.41) is 22.5. The first-order chi connectivity index (χ1) is 19.5. The zero-order valence-electron chi connectivity index (χ0n) is 23.0. The molecule has 0 aromatic heterocycles. The summed E-state index contributed by atoms with van der Waals surface area (Å²) in [6.45, 7) is 6.94. The summed E-state index contributed by atoms with van der Waals surface area (Å²) in [5.41, 5.74) is 9.64. The molecule has 3 atom stereocenters. The van der Waals surface area contributed by atoms with E-state index in [1.165, 1.54) is 0 Å². The molecule has 2 aromatic rings. The third-order valence-corrected chi connectivity index (χ3v) is 7.21. The fourth-order valence-electron chi connectivity index (χ4n) is 4.41. The van der Waals surface area contributed by atoms with Crippen molar-refractivity contribution in [2.24, 2.45) is 5.41 Å². The Morgan fingerprint density at radius 1 is 0.925 bits per heavy atom. The van der Waals surface area contributed by atoms with Crippen molar-refractivity contribution in [1.82, 2.24) is 0 Å². The first-order valence-corrected chi connectivity index (χ1v) is 14.0. The Labute approximate surface area is 235 Å². The Hall–Kier alpha value is -2.64. The summed E-state index contributed by atoms with van der Waals surface area (Å²) in [7, 11) is 0. The van der Waals surface area contributed by atoms with Crippen LogP contribution in [0.5, 0.6) is 5.75 Å². The number of phenols is 1. The van der Waals surface area contributed by atoms with E-state index >= 15 is 0 Å². The third-order valence-electron chi connectivity index (χ3n) is 7.21. The summed E-state index contributed by atoms with van der Waals surface area (Å²) < 4.78 is 33.9. The maximum absolute atomic E-state index is 10.4. The van der Waals surface area contributed by atoms with Crippen molar-refractivity contribution >= 4 is 17.1 Å². The van der Waals surface area contributed by atoms with Gasteiger partial charge in [0.1, 0.15) is 29.7 Å². The molecule has 0 saturated carbocycles. The highest BCUT2D eigenvalue weighted by Crippen LogP contribution is 2.35. The molecule has 220 valence electrons. The molecule has 11 heteroatoms. The number of fused-ring (bicyclic) bond motifs is 1. The third kappa shape index (κ3) is 8.43.